The van der Waals surface area contributed by atoms with E-state index in [1.807, 2.05) is 36.4 Å². The Morgan fingerprint density at radius 2 is 1.96 bits per heavy atom. The molecule has 3 aromatic rings. The number of carbonyl (C=O) groups excluding carboxylic acids is 2. The summed E-state index contributed by atoms with van der Waals surface area (Å²) in [5.41, 5.74) is 0.980. The molecule has 2 heterocycles. The summed E-state index contributed by atoms with van der Waals surface area (Å²) in [7, 11) is 0. The average Bonchev–Trinajstić information content (AvgIpc) is 3.25. The van der Waals surface area contributed by atoms with Crippen molar-refractivity contribution in [2.24, 2.45) is 0 Å². The van der Waals surface area contributed by atoms with Crippen molar-refractivity contribution in [3.05, 3.63) is 66.2 Å². The van der Waals surface area contributed by atoms with E-state index in [1.54, 1.807) is 18.4 Å². The van der Waals surface area contributed by atoms with Gasteiger partial charge in [-0.3, -0.25) is 9.59 Å². The summed E-state index contributed by atoms with van der Waals surface area (Å²) in [4.78, 5) is 23.7. The summed E-state index contributed by atoms with van der Waals surface area (Å²) in [5, 5.41) is 9.80. The van der Waals surface area contributed by atoms with Crippen LogP contribution in [0.2, 0.25) is 0 Å². The molecule has 0 aliphatic carbocycles. The van der Waals surface area contributed by atoms with Crippen LogP contribution >= 0.6 is 0 Å². The van der Waals surface area contributed by atoms with E-state index in [2.05, 4.69) is 15.7 Å². The lowest BCUT2D eigenvalue weighted by molar-refractivity contribution is -0.114. The number of nitrogens with one attached hydrogen (secondary N) is 2. The second-order valence-corrected chi connectivity index (χ2v) is 5.43. The number of para-hydroxylation sites is 1. The molecule has 25 heavy (non-hydrogen) atoms. The minimum Gasteiger partial charge on any atom is -0.469 e. The van der Waals surface area contributed by atoms with Gasteiger partial charge in [0.15, 0.2) is 5.69 Å². The van der Waals surface area contributed by atoms with Gasteiger partial charge in [-0.2, -0.15) is 5.10 Å². The summed E-state index contributed by atoms with van der Waals surface area (Å²) >= 11 is 0. The van der Waals surface area contributed by atoms with Crippen LogP contribution in [0.5, 0.6) is 0 Å². The Morgan fingerprint density at radius 1 is 1.16 bits per heavy atom. The lowest BCUT2D eigenvalue weighted by Crippen LogP contribution is -2.26. The number of rotatable bonds is 6. The first-order valence-corrected chi connectivity index (χ1v) is 7.87. The van der Waals surface area contributed by atoms with Gasteiger partial charge in [-0.05, 0) is 24.3 Å². The molecule has 2 amide bonds. The number of amides is 2. The number of hydrogen-bond donors (Lipinski definition) is 2. The fraction of sp³-hybridized carbons (Fsp3) is 0.167. The van der Waals surface area contributed by atoms with Gasteiger partial charge >= 0.3 is 0 Å². The van der Waals surface area contributed by atoms with Gasteiger partial charge in [-0.25, -0.2) is 4.68 Å². The number of furan rings is 1. The zero-order chi connectivity index (χ0) is 17.6. The molecule has 2 N–H and O–H groups in total. The molecule has 3 rings (SSSR count). The first-order valence-electron chi connectivity index (χ1n) is 7.87. The zero-order valence-corrected chi connectivity index (χ0v) is 13.7. The predicted octanol–water partition coefficient (Wildman–Crippen LogP) is 2.40. The molecule has 128 valence electrons. The average molecular weight is 338 g/mol. The number of benzene rings is 1. The van der Waals surface area contributed by atoms with Crippen molar-refractivity contribution in [1.82, 2.24) is 15.1 Å². The van der Waals surface area contributed by atoms with Crippen LogP contribution < -0.4 is 10.6 Å². The number of hydrogen-bond acceptors (Lipinski definition) is 4. The van der Waals surface area contributed by atoms with E-state index in [4.69, 9.17) is 4.42 Å². The predicted molar refractivity (Wildman–Crippen MR) is 92.6 cm³/mol. The van der Waals surface area contributed by atoms with E-state index in [1.165, 1.54) is 11.6 Å². The molecule has 0 fully saturated rings. The van der Waals surface area contributed by atoms with Crippen LogP contribution in [0.3, 0.4) is 0 Å². The minimum absolute atomic E-state index is 0.229. The van der Waals surface area contributed by atoms with Crippen molar-refractivity contribution < 1.29 is 14.0 Å². The van der Waals surface area contributed by atoms with Gasteiger partial charge in [-0.15, -0.1) is 0 Å². The van der Waals surface area contributed by atoms with Gasteiger partial charge in [0.1, 0.15) is 11.6 Å². The molecule has 0 aliphatic heterocycles. The molecule has 0 radical (unpaired) electrons. The van der Waals surface area contributed by atoms with Crippen molar-refractivity contribution >= 4 is 17.6 Å². The third-order valence-electron chi connectivity index (χ3n) is 3.48. The Labute approximate surface area is 144 Å². The standard InChI is InChI=1S/C18H18N4O3/c1-13(23)20-17-12-16(21-22(17)14-6-3-2-4-7-14)18(24)19-10-9-15-8-5-11-25-15/h2-8,11-12H,9-10H2,1H3,(H,19,24)(H,20,23). The van der Waals surface area contributed by atoms with Crippen molar-refractivity contribution in [3.8, 4) is 5.69 Å². The first kappa shape index (κ1) is 16.5. The minimum atomic E-state index is -0.312. The summed E-state index contributed by atoms with van der Waals surface area (Å²) in [6.45, 7) is 1.84. The maximum Gasteiger partial charge on any atom is 0.271 e. The van der Waals surface area contributed by atoms with Crippen LogP contribution in [0.25, 0.3) is 5.69 Å². The highest BCUT2D eigenvalue weighted by atomic mass is 16.3. The van der Waals surface area contributed by atoms with E-state index >= 15 is 0 Å². The third kappa shape index (κ3) is 4.14. The Hall–Kier alpha value is -3.35. The van der Waals surface area contributed by atoms with Crippen LogP contribution in [0.4, 0.5) is 5.82 Å². The number of anilines is 1. The molecule has 1 aromatic carbocycles. The number of nitrogens with zero attached hydrogens (tertiary/aromatic N) is 2. The highest BCUT2D eigenvalue weighted by Crippen LogP contribution is 2.17. The molecule has 0 spiro atoms. The Morgan fingerprint density at radius 3 is 2.64 bits per heavy atom. The molecular weight excluding hydrogens is 320 g/mol. The molecule has 0 unspecified atom stereocenters. The molecule has 0 saturated heterocycles. The van der Waals surface area contributed by atoms with Gasteiger partial charge < -0.3 is 15.1 Å². The Balaban J connectivity index is 1.75. The van der Waals surface area contributed by atoms with Crippen molar-refractivity contribution in [2.45, 2.75) is 13.3 Å². The highest BCUT2D eigenvalue weighted by Gasteiger charge is 2.16. The van der Waals surface area contributed by atoms with Gasteiger partial charge in [-0.1, -0.05) is 18.2 Å². The summed E-state index contributed by atoms with van der Waals surface area (Å²) in [6, 6.07) is 14.5. The quantitative estimate of drug-likeness (QED) is 0.722. The zero-order valence-electron chi connectivity index (χ0n) is 13.7. The number of carbonyl (C=O) groups is 2. The maximum absolute atomic E-state index is 12.3. The largest absolute Gasteiger partial charge is 0.469 e. The van der Waals surface area contributed by atoms with Gasteiger partial charge in [0.25, 0.3) is 5.91 Å². The molecule has 0 bridgehead atoms. The van der Waals surface area contributed by atoms with Gasteiger partial charge in [0.2, 0.25) is 5.91 Å². The van der Waals surface area contributed by atoms with Crippen LogP contribution in [0.15, 0.2) is 59.2 Å². The second-order valence-electron chi connectivity index (χ2n) is 5.43. The smallest absolute Gasteiger partial charge is 0.271 e. The molecular formula is C18H18N4O3. The fourth-order valence-corrected chi connectivity index (χ4v) is 2.37. The van der Waals surface area contributed by atoms with Crippen molar-refractivity contribution in [1.29, 1.82) is 0 Å². The van der Waals surface area contributed by atoms with Crippen molar-refractivity contribution in [2.75, 3.05) is 11.9 Å². The fourth-order valence-electron chi connectivity index (χ4n) is 2.37. The summed E-state index contributed by atoms with van der Waals surface area (Å²) in [5.74, 6) is 0.693. The van der Waals surface area contributed by atoms with Crippen LogP contribution in [0, 0.1) is 0 Å². The van der Waals surface area contributed by atoms with E-state index in [9.17, 15) is 9.59 Å². The molecule has 0 aliphatic rings. The van der Waals surface area contributed by atoms with Crippen LogP contribution in [0.1, 0.15) is 23.2 Å². The highest BCUT2D eigenvalue weighted by molar-refractivity contribution is 5.95. The van der Waals surface area contributed by atoms with Crippen molar-refractivity contribution in [3.63, 3.8) is 0 Å². The summed E-state index contributed by atoms with van der Waals surface area (Å²) < 4.78 is 6.76. The van der Waals surface area contributed by atoms with E-state index in [0.29, 0.717) is 18.8 Å². The molecule has 2 aromatic heterocycles. The van der Waals surface area contributed by atoms with Crippen LogP contribution in [-0.2, 0) is 11.2 Å². The number of aromatic nitrogens is 2. The van der Waals surface area contributed by atoms with Gasteiger partial charge in [0.05, 0.1) is 12.0 Å². The molecule has 0 atom stereocenters. The van der Waals surface area contributed by atoms with Gasteiger partial charge in [0, 0.05) is 26.0 Å². The SMILES string of the molecule is CC(=O)Nc1cc(C(=O)NCCc2ccco2)nn1-c1ccccc1. The lowest BCUT2D eigenvalue weighted by Gasteiger charge is -2.06. The normalized spacial score (nSPS) is 10.4. The van der Waals surface area contributed by atoms with E-state index < -0.39 is 0 Å². The maximum atomic E-state index is 12.3. The Bertz CT molecular complexity index is 854. The van der Waals surface area contributed by atoms with E-state index in [0.717, 1.165) is 11.4 Å². The topological polar surface area (TPSA) is 89.2 Å². The lowest BCUT2D eigenvalue weighted by atomic mass is 10.3. The monoisotopic (exact) mass is 338 g/mol. The summed E-state index contributed by atoms with van der Waals surface area (Å²) in [6.07, 6.45) is 2.19. The first-order chi connectivity index (χ1) is 12.1. The molecule has 7 nitrogen and oxygen atoms in total. The molecule has 7 heteroatoms. The van der Waals surface area contributed by atoms with Crippen LogP contribution in [-0.4, -0.2) is 28.1 Å². The Kier molecular flexibility index (Phi) is 4.94. The van der Waals surface area contributed by atoms with E-state index in [-0.39, 0.29) is 17.5 Å². The molecule has 0 saturated carbocycles. The third-order valence-corrected chi connectivity index (χ3v) is 3.48. The second kappa shape index (κ2) is 7.48.